The standard InChI is InChI=1S/C25H26F3IN4O3S/c26-25(27,28)22(24(19-5-3-11-37-19)10-2-1-4-18(24)29)36-20-13-17(32-23(31)33-20)15-8-6-14(7-9-15)12-16(30)21(34)35/h3,5-9,11,13,16,18,22H,1-2,4,10,12,30H2,(H,34,35)(H2,31,32,33)/t16-,18?,22?,24?/m0/s1. The quantitative estimate of drug-likeness (QED) is 0.222. The maximum absolute atomic E-state index is 14.7. The minimum absolute atomic E-state index is 0.130. The smallest absolute Gasteiger partial charge is 0.426 e. The van der Waals surface area contributed by atoms with Crippen LogP contribution in [0.2, 0.25) is 0 Å². The molecular formula is C25H26F3IN4O3S. The minimum Gasteiger partial charge on any atom is -0.480 e. The van der Waals surface area contributed by atoms with Gasteiger partial charge >= 0.3 is 12.1 Å². The number of carbonyl (C=O) groups is 1. The summed E-state index contributed by atoms with van der Waals surface area (Å²) < 4.78 is 49.5. The van der Waals surface area contributed by atoms with E-state index in [1.54, 1.807) is 41.8 Å². The van der Waals surface area contributed by atoms with Gasteiger partial charge in [-0.2, -0.15) is 18.2 Å². The van der Waals surface area contributed by atoms with Crippen molar-refractivity contribution in [2.75, 3.05) is 5.73 Å². The summed E-state index contributed by atoms with van der Waals surface area (Å²) in [6.45, 7) is 0. The van der Waals surface area contributed by atoms with Crippen molar-refractivity contribution >= 4 is 45.8 Å². The van der Waals surface area contributed by atoms with E-state index in [2.05, 4.69) is 32.6 Å². The summed E-state index contributed by atoms with van der Waals surface area (Å²) in [5.74, 6) is -1.59. The Morgan fingerprint density at radius 2 is 1.97 bits per heavy atom. The van der Waals surface area contributed by atoms with Crippen LogP contribution in [0.4, 0.5) is 19.1 Å². The van der Waals surface area contributed by atoms with Crippen LogP contribution in [0.5, 0.6) is 5.88 Å². The lowest BCUT2D eigenvalue weighted by atomic mass is 9.68. The number of carboxylic acid groups (broad SMARTS) is 1. The molecule has 2 heterocycles. The molecule has 3 unspecified atom stereocenters. The van der Waals surface area contributed by atoms with Gasteiger partial charge in [0.1, 0.15) is 6.04 Å². The highest BCUT2D eigenvalue weighted by molar-refractivity contribution is 14.1. The molecule has 0 bridgehead atoms. The Labute approximate surface area is 229 Å². The van der Waals surface area contributed by atoms with Gasteiger partial charge in [-0.05, 0) is 36.3 Å². The molecule has 1 fully saturated rings. The number of nitrogens with two attached hydrogens (primary N) is 2. The van der Waals surface area contributed by atoms with Gasteiger partial charge in [-0.25, -0.2) is 4.98 Å². The van der Waals surface area contributed by atoms with Crippen LogP contribution in [0.15, 0.2) is 47.8 Å². The largest absolute Gasteiger partial charge is 0.480 e. The van der Waals surface area contributed by atoms with Gasteiger partial charge in [-0.3, -0.25) is 4.79 Å². The predicted octanol–water partition coefficient (Wildman–Crippen LogP) is 5.37. The molecule has 7 nitrogen and oxygen atoms in total. The molecule has 1 aliphatic rings. The molecule has 1 aromatic carbocycles. The average Bonchev–Trinajstić information content (AvgIpc) is 3.38. The Balaban J connectivity index is 1.68. The van der Waals surface area contributed by atoms with Gasteiger partial charge in [-0.15, -0.1) is 11.3 Å². The number of hydrogen-bond acceptors (Lipinski definition) is 7. The van der Waals surface area contributed by atoms with Crippen LogP contribution < -0.4 is 16.2 Å². The molecule has 37 heavy (non-hydrogen) atoms. The molecule has 2 aromatic heterocycles. The lowest BCUT2D eigenvalue weighted by Gasteiger charge is -2.46. The predicted molar refractivity (Wildman–Crippen MR) is 144 cm³/mol. The fraction of sp³-hybridized carbons (Fsp3) is 0.400. The van der Waals surface area contributed by atoms with E-state index in [0.29, 0.717) is 35.3 Å². The summed E-state index contributed by atoms with van der Waals surface area (Å²) in [5.41, 5.74) is 11.8. The third-order valence-corrected chi connectivity index (χ3v) is 9.38. The van der Waals surface area contributed by atoms with Crippen molar-refractivity contribution in [1.82, 2.24) is 9.97 Å². The summed E-state index contributed by atoms with van der Waals surface area (Å²) in [5, 5.41) is 10.8. The Bertz CT molecular complexity index is 1230. The number of rotatable bonds is 8. The molecule has 0 spiro atoms. The number of halogens is 4. The Hall–Kier alpha value is -2.45. The van der Waals surface area contributed by atoms with E-state index in [9.17, 15) is 18.0 Å². The fourth-order valence-corrected chi connectivity index (χ4v) is 7.45. The normalized spacial score (nSPS) is 21.8. The molecule has 0 saturated heterocycles. The zero-order valence-corrected chi connectivity index (χ0v) is 22.6. The molecule has 4 rings (SSSR count). The van der Waals surface area contributed by atoms with Gasteiger partial charge in [0.2, 0.25) is 17.9 Å². The van der Waals surface area contributed by atoms with Crippen molar-refractivity contribution < 1.29 is 27.8 Å². The number of thiophene rings is 1. The fourth-order valence-electron chi connectivity index (χ4n) is 4.79. The Morgan fingerprint density at radius 1 is 1.24 bits per heavy atom. The van der Waals surface area contributed by atoms with E-state index >= 15 is 0 Å². The summed E-state index contributed by atoms with van der Waals surface area (Å²) >= 11 is 3.44. The van der Waals surface area contributed by atoms with E-state index in [-0.39, 0.29) is 27.9 Å². The first-order chi connectivity index (χ1) is 17.5. The SMILES string of the molecule is Nc1nc(OC(C(F)(F)F)C2(c3cccs3)CCCCC2I)cc(-c2ccc(C[C@H](N)C(=O)O)cc2)n1. The zero-order valence-electron chi connectivity index (χ0n) is 19.6. The molecule has 0 aliphatic heterocycles. The Morgan fingerprint density at radius 3 is 2.57 bits per heavy atom. The second-order valence-electron chi connectivity index (χ2n) is 9.07. The topological polar surface area (TPSA) is 124 Å². The van der Waals surface area contributed by atoms with Crippen molar-refractivity contribution in [3.63, 3.8) is 0 Å². The van der Waals surface area contributed by atoms with Gasteiger partial charge in [0.25, 0.3) is 0 Å². The third kappa shape index (κ3) is 6.01. The number of aromatic nitrogens is 2. The van der Waals surface area contributed by atoms with E-state index in [4.69, 9.17) is 21.3 Å². The number of ether oxygens (including phenoxy) is 1. The van der Waals surface area contributed by atoms with Crippen LogP contribution in [-0.4, -0.2) is 43.3 Å². The van der Waals surface area contributed by atoms with Crippen LogP contribution in [0.1, 0.15) is 36.1 Å². The summed E-state index contributed by atoms with van der Waals surface area (Å²) in [4.78, 5) is 19.8. The monoisotopic (exact) mass is 646 g/mol. The molecule has 0 amide bonds. The van der Waals surface area contributed by atoms with Crippen LogP contribution in [-0.2, 0) is 16.6 Å². The Kier molecular flexibility index (Phi) is 8.29. The van der Waals surface area contributed by atoms with Gasteiger partial charge in [0.05, 0.1) is 11.1 Å². The zero-order chi connectivity index (χ0) is 26.8. The van der Waals surface area contributed by atoms with Crippen LogP contribution >= 0.6 is 33.9 Å². The van der Waals surface area contributed by atoms with Crippen molar-refractivity contribution in [3.8, 4) is 17.1 Å². The number of carboxylic acids is 1. The van der Waals surface area contributed by atoms with Crippen molar-refractivity contribution in [3.05, 3.63) is 58.3 Å². The lowest BCUT2D eigenvalue weighted by Crippen LogP contribution is -2.57. The molecule has 1 saturated carbocycles. The first-order valence-electron chi connectivity index (χ1n) is 11.6. The second kappa shape index (κ2) is 11.1. The highest BCUT2D eigenvalue weighted by atomic mass is 127. The van der Waals surface area contributed by atoms with Crippen molar-refractivity contribution in [2.45, 2.75) is 59.8 Å². The second-order valence-corrected chi connectivity index (χ2v) is 11.5. The minimum atomic E-state index is -4.66. The van der Waals surface area contributed by atoms with Crippen LogP contribution in [0, 0.1) is 0 Å². The maximum atomic E-state index is 14.7. The molecule has 3 aromatic rings. The number of anilines is 1. The van der Waals surface area contributed by atoms with Crippen LogP contribution in [0.25, 0.3) is 11.3 Å². The van der Waals surface area contributed by atoms with Gasteiger partial charge in [0.15, 0.2) is 0 Å². The van der Waals surface area contributed by atoms with Crippen LogP contribution in [0.3, 0.4) is 0 Å². The molecule has 0 radical (unpaired) electrons. The number of hydrogen-bond donors (Lipinski definition) is 3. The number of nitrogen functional groups attached to an aromatic ring is 1. The first kappa shape index (κ1) is 27.6. The lowest BCUT2D eigenvalue weighted by molar-refractivity contribution is -0.218. The van der Waals surface area contributed by atoms with Crippen molar-refractivity contribution in [2.24, 2.45) is 5.73 Å². The highest BCUT2D eigenvalue weighted by Gasteiger charge is 2.60. The number of benzene rings is 1. The molecule has 198 valence electrons. The number of alkyl halides is 4. The van der Waals surface area contributed by atoms with Gasteiger partial charge in [-0.1, -0.05) is 65.8 Å². The van der Waals surface area contributed by atoms with E-state index in [1.165, 1.54) is 17.4 Å². The molecule has 12 heteroatoms. The van der Waals surface area contributed by atoms with Crippen molar-refractivity contribution in [1.29, 1.82) is 0 Å². The molecule has 5 N–H and O–H groups in total. The average molecular weight is 646 g/mol. The van der Waals surface area contributed by atoms with Gasteiger partial charge < -0.3 is 21.3 Å². The molecular weight excluding hydrogens is 620 g/mol. The number of nitrogens with zero attached hydrogens (tertiary/aromatic N) is 2. The number of aliphatic carboxylic acids is 1. The summed E-state index contributed by atoms with van der Waals surface area (Å²) in [7, 11) is 0. The summed E-state index contributed by atoms with van der Waals surface area (Å²) in [6.07, 6.45) is -4.11. The third-order valence-electron chi connectivity index (χ3n) is 6.58. The van der Waals surface area contributed by atoms with E-state index < -0.39 is 29.7 Å². The van der Waals surface area contributed by atoms with E-state index in [0.717, 1.165) is 6.42 Å². The summed E-state index contributed by atoms with van der Waals surface area (Å²) in [6, 6.07) is 10.5. The first-order valence-corrected chi connectivity index (χ1v) is 13.8. The maximum Gasteiger partial charge on any atom is 0.426 e. The molecule has 4 atom stereocenters. The highest BCUT2D eigenvalue weighted by Crippen LogP contribution is 2.52. The van der Waals surface area contributed by atoms with Gasteiger partial charge in [0, 0.05) is 20.4 Å². The van der Waals surface area contributed by atoms with E-state index in [1.807, 2.05) is 0 Å². The molecule has 1 aliphatic carbocycles.